The van der Waals surface area contributed by atoms with Crippen LogP contribution in [0.1, 0.15) is 14.6 Å². The zero-order chi connectivity index (χ0) is 18.2. The third kappa shape index (κ3) is 2.37. The number of hydrogen-bond acceptors (Lipinski definition) is 5. The lowest BCUT2D eigenvalue weighted by molar-refractivity contribution is 0.0688. The van der Waals surface area contributed by atoms with E-state index in [0.717, 1.165) is 21.5 Å². The van der Waals surface area contributed by atoms with Gasteiger partial charge < -0.3 is 5.11 Å². The van der Waals surface area contributed by atoms with E-state index in [-0.39, 0.29) is 17.1 Å². The number of hydrogen-bond donors (Lipinski definition) is 1. The van der Waals surface area contributed by atoms with Crippen molar-refractivity contribution in [1.82, 2.24) is 24.8 Å². The molecule has 8 nitrogen and oxygen atoms in total. The van der Waals surface area contributed by atoms with Gasteiger partial charge in [-0.1, -0.05) is 17.3 Å². The molecule has 0 unspecified atom stereocenters. The maximum Gasteiger partial charge on any atom is 0.356 e. The molecule has 2 heterocycles. The first-order valence-electron chi connectivity index (χ1n) is 7.63. The Labute approximate surface area is 128 Å². The van der Waals surface area contributed by atoms with Crippen molar-refractivity contribution in [2.45, 2.75) is 0 Å². The summed E-state index contributed by atoms with van der Waals surface area (Å²) in [6.45, 7) is -2.51. The van der Waals surface area contributed by atoms with E-state index < -0.39 is 18.5 Å². The Bertz CT molecular complexity index is 1010. The van der Waals surface area contributed by atoms with Crippen molar-refractivity contribution >= 4 is 5.97 Å². The summed E-state index contributed by atoms with van der Waals surface area (Å²) in [5.41, 5.74) is 0.130. The van der Waals surface area contributed by atoms with Crippen LogP contribution in [0.25, 0.3) is 16.9 Å². The summed E-state index contributed by atoms with van der Waals surface area (Å²) >= 11 is 0. The fraction of sp³-hybridized carbons (Fsp3) is 0.0714. The number of aromatic carboxylic acids is 1. The molecule has 3 rings (SSSR count). The molecule has 1 N–H and O–H groups in total. The minimum absolute atomic E-state index is 0.226. The highest BCUT2D eigenvalue weighted by atomic mass is 16.4. The van der Waals surface area contributed by atoms with Gasteiger partial charge in [-0.25, -0.2) is 9.48 Å². The van der Waals surface area contributed by atoms with Crippen LogP contribution in [0.3, 0.4) is 0 Å². The highest BCUT2D eigenvalue weighted by molar-refractivity contribution is 5.84. The molecule has 0 amide bonds. The van der Waals surface area contributed by atoms with Crippen molar-refractivity contribution in [3.05, 3.63) is 58.6 Å². The Morgan fingerprint density at radius 1 is 1.32 bits per heavy atom. The van der Waals surface area contributed by atoms with Gasteiger partial charge in [-0.05, 0) is 18.2 Å². The molecule has 110 valence electrons. The van der Waals surface area contributed by atoms with E-state index in [1.165, 1.54) is 12.3 Å². The summed E-state index contributed by atoms with van der Waals surface area (Å²) in [6.07, 6.45) is 1.29. The average molecular weight is 300 g/mol. The van der Waals surface area contributed by atoms with Gasteiger partial charge in [0.05, 0.1) is 17.6 Å². The molecule has 22 heavy (non-hydrogen) atoms. The Hall–Kier alpha value is -3.29. The van der Waals surface area contributed by atoms with Gasteiger partial charge in [0.1, 0.15) is 0 Å². The molecule has 0 aliphatic carbocycles. The predicted octanol–water partition coefficient (Wildman–Crippen LogP) is 0.726. The first-order valence-corrected chi connectivity index (χ1v) is 6.13. The molecule has 0 saturated heterocycles. The number of rotatable bonds is 3. The normalized spacial score (nSPS) is 13.2. The zero-order valence-electron chi connectivity index (χ0n) is 14.0. The highest BCUT2D eigenvalue weighted by Gasteiger charge is 2.10. The van der Waals surface area contributed by atoms with Crippen LogP contribution in [0.5, 0.6) is 0 Å². The van der Waals surface area contributed by atoms with Gasteiger partial charge in [0.2, 0.25) is 0 Å². The van der Waals surface area contributed by atoms with Crippen LogP contribution >= 0.6 is 0 Å². The van der Waals surface area contributed by atoms with E-state index in [2.05, 4.69) is 15.4 Å². The van der Waals surface area contributed by atoms with Crippen molar-refractivity contribution < 1.29 is 14.0 Å². The Kier molecular flexibility index (Phi) is 2.49. The zero-order valence-corrected chi connectivity index (χ0v) is 11.0. The molecule has 0 bridgehead atoms. The average Bonchev–Trinajstić information content (AvgIpc) is 3.05. The van der Waals surface area contributed by atoms with Gasteiger partial charge in [-0.3, -0.25) is 4.79 Å². The molecule has 0 spiro atoms. The second kappa shape index (κ2) is 5.24. The van der Waals surface area contributed by atoms with Crippen LogP contribution in [-0.2, 0) is 6.98 Å². The topological polar surface area (TPSA) is 103 Å². The quantitative estimate of drug-likeness (QED) is 0.764. The molecule has 0 fully saturated rings. The SMILES string of the molecule is [2H]C([2H])([2H])n1nncc1-c1cccc(-n2nc(C(=O)O)ccc2=O)c1. The predicted molar refractivity (Wildman–Crippen MR) is 76.8 cm³/mol. The Balaban J connectivity index is 2.13. The Morgan fingerprint density at radius 3 is 2.95 bits per heavy atom. The summed E-state index contributed by atoms with van der Waals surface area (Å²) in [7, 11) is 0. The van der Waals surface area contributed by atoms with Gasteiger partial charge in [0, 0.05) is 22.7 Å². The number of nitrogens with zero attached hydrogens (tertiary/aromatic N) is 5. The summed E-state index contributed by atoms with van der Waals surface area (Å²) in [6, 6.07) is 8.46. The lowest BCUT2D eigenvalue weighted by atomic mass is 10.1. The molecular formula is C14H11N5O3. The second-order valence-corrected chi connectivity index (χ2v) is 4.36. The van der Waals surface area contributed by atoms with Crippen LogP contribution in [0, 0.1) is 0 Å². The van der Waals surface area contributed by atoms with Crippen molar-refractivity contribution in [1.29, 1.82) is 0 Å². The molecule has 2 aromatic heterocycles. The van der Waals surface area contributed by atoms with E-state index >= 15 is 0 Å². The fourth-order valence-corrected chi connectivity index (χ4v) is 1.94. The summed E-state index contributed by atoms with van der Waals surface area (Å²) in [5.74, 6) is -1.27. The smallest absolute Gasteiger partial charge is 0.356 e. The van der Waals surface area contributed by atoms with Crippen LogP contribution in [-0.4, -0.2) is 35.9 Å². The van der Waals surface area contributed by atoms with E-state index in [0.29, 0.717) is 5.56 Å². The van der Waals surface area contributed by atoms with Crippen LogP contribution < -0.4 is 5.56 Å². The minimum atomic E-state index is -2.51. The van der Waals surface area contributed by atoms with Gasteiger partial charge in [0.25, 0.3) is 5.56 Å². The number of benzene rings is 1. The lowest BCUT2D eigenvalue weighted by Gasteiger charge is -2.07. The summed E-state index contributed by atoms with van der Waals surface area (Å²) < 4.78 is 24.1. The molecule has 8 heteroatoms. The molecule has 3 aromatic rings. The minimum Gasteiger partial charge on any atom is -0.476 e. The first-order chi connectivity index (χ1) is 11.8. The van der Waals surface area contributed by atoms with Crippen molar-refractivity contribution in [3.63, 3.8) is 0 Å². The molecule has 0 aliphatic heterocycles. The van der Waals surface area contributed by atoms with E-state index in [1.807, 2.05) is 0 Å². The van der Waals surface area contributed by atoms with Crippen molar-refractivity contribution in [2.24, 2.45) is 6.98 Å². The summed E-state index contributed by atoms with van der Waals surface area (Å²) in [4.78, 5) is 23.1. The lowest BCUT2D eigenvalue weighted by Crippen LogP contribution is -2.22. The third-order valence-corrected chi connectivity index (χ3v) is 2.96. The summed E-state index contributed by atoms with van der Waals surface area (Å²) in [5, 5.41) is 20.0. The van der Waals surface area contributed by atoms with E-state index in [9.17, 15) is 9.59 Å². The highest BCUT2D eigenvalue weighted by Crippen LogP contribution is 2.19. The number of carboxylic acid groups (broad SMARTS) is 1. The van der Waals surface area contributed by atoms with E-state index in [1.54, 1.807) is 18.2 Å². The van der Waals surface area contributed by atoms with Gasteiger partial charge in [-0.15, -0.1) is 5.10 Å². The third-order valence-electron chi connectivity index (χ3n) is 2.96. The molecule has 1 aromatic carbocycles. The maximum absolute atomic E-state index is 12.0. The Morgan fingerprint density at radius 2 is 2.18 bits per heavy atom. The van der Waals surface area contributed by atoms with Crippen LogP contribution in [0.4, 0.5) is 0 Å². The molecular weight excluding hydrogens is 286 g/mol. The molecule has 0 radical (unpaired) electrons. The molecule has 0 atom stereocenters. The standard InChI is InChI=1S/C14H11N5O3/c1-18-12(8-15-17-18)9-3-2-4-10(7-9)19-13(20)6-5-11(16-19)14(21)22/h2-8H,1H3,(H,21,22)/i1D3. The van der Waals surface area contributed by atoms with Crippen molar-refractivity contribution in [2.75, 3.05) is 0 Å². The largest absolute Gasteiger partial charge is 0.476 e. The number of carbonyl (C=O) groups is 1. The number of aryl methyl sites for hydroxylation is 1. The van der Waals surface area contributed by atoms with Crippen molar-refractivity contribution in [3.8, 4) is 16.9 Å². The monoisotopic (exact) mass is 300 g/mol. The van der Waals surface area contributed by atoms with Gasteiger partial charge in [-0.2, -0.15) is 9.78 Å². The first kappa shape index (κ1) is 10.4. The van der Waals surface area contributed by atoms with Crippen LogP contribution in [0.15, 0.2) is 47.4 Å². The second-order valence-electron chi connectivity index (χ2n) is 4.36. The molecule has 0 saturated carbocycles. The maximum atomic E-state index is 12.0. The van der Waals surface area contributed by atoms with E-state index in [4.69, 9.17) is 9.22 Å². The fourth-order valence-electron chi connectivity index (χ4n) is 1.94. The van der Waals surface area contributed by atoms with Crippen LogP contribution in [0.2, 0.25) is 0 Å². The number of carboxylic acids is 1. The molecule has 0 aliphatic rings. The number of aromatic nitrogens is 5. The van der Waals surface area contributed by atoms with Gasteiger partial charge in [0.15, 0.2) is 5.69 Å². The van der Waals surface area contributed by atoms with Gasteiger partial charge >= 0.3 is 5.97 Å².